The lowest BCUT2D eigenvalue weighted by Gasteiger charge is -2.32. The molecule has 0 saturated carbocycles. The lowest BCUT2D eigenvalue weighted by atomic mass is 10.1. The summed E-state index contributed by atoms with van der Waals surface area (Å²) in [6, 6.07) is 3.89. The van der Waals surface area contributed by atoms with Crippen LogP contribution in [-0.4, -0.2) is 47.7 Å². The molecule has 1 fully saturated rings. The van der Waals surface area contributed by atoms with Crippen molar-refractivity contribution in [1.82, 2.24) is 9.47 Å². The lowest BCUT2D eigenvalue weighted by Crippen LogP contribution is -2.41. The van der Waals surface area contributed by atoms with Crippen molar-refractivity contribution in [2.24, 2.45) is 12.8 Å². The van der Waals surface area contributed by atoms with Gasteiger partial charge in [-0.05, 0) is 44.9 Å². The Morgan fingerprint density at radius 2 is 2.10 bits per heavy atom. The molecule has 0 aliphatic carbocycles. The number of hydrogen-bond donors (Lipinski definition) is 1. The maximum atomic E-state index is 12.4. The third-order valence-electron chi connectivity index (χ3n) is 4.02. The first-order valence-electron chi connectivity index (χ1n) is 7.36. The second kappa shape index (κ2) is 6.90. The molecule has 5 heteroatoms. The maximum absolute atomic E-state index is 12.4. The van der Waals surface area contributed by atoms with Crippen molar-refractivity contribution in [3.05, 3.63) is 23.5 Å². The average Bonchev–Trinajstić information content (AvgIpc) is 2.79. The van der Waals surface area contributed by atoms with E-state index in [1.54, 1.807) is 0 Å². The van der Waals surface area contributed by atoms with Crippen LogP contribution in [0.4, 0.5) is 0 Å². The van der Waals surface area contributed by atoms with Crippen molar-refractivity contribution in [1.29, 1.82) is 0 Å². The van der Waals surface area contributed by atoms with Crippen molar-refractivity contribution < 1.29 is 9.53 Å². The molecule has 1 aliphatic rings. The van der Waals surface area contributed by atoms with E-state index in [0.29, 0.717) is 6.54 Å². The van der Waals surface area contributed by atoms with Gasteiger partial charge in [-0.15, -0.1) is 0 Å². The van der Waals surface area contributed by atoms with E-state index in [1.165, 1.54) is 0 Å². The number of ether oxygens (including phenoxy) is 1. The van der Waals surface area contributed by atoms with Gasteiger partial charge in [-0.2, -0.15) is 0 Å². The minimum absolute atomic E-state index is 0.126. The van der Waals surface area contributed by atoms with E-state index in [0.717, 1.165) is 50.3 Å². The first-order chi connectivity index (χ1) is 9.63. The van der Waals surface area contributed by atoms with Crippen LogP contribution in [0.1, 0.15) is 35.4 Å². The third-order valence-corrected chi connectivity index (χ3v) is 4.02. The van der Waals surface area contributed by atoms with Crippen LogP contribution in [-0.2, 0) is 11.8 Å². The highest BCUT2D eigenvalue weighted by Gasteiger charge is 2.25. The molecule has 2 N–H and O–H groups in total. The standard InChI is InChI=1S/C15H25N3O2/c1-12-4-5-14(17(12)2)15(19)18-9-6-13(7-10-18)20-11-3-8-16/h4-5,13H,3,6-11,16H2,1-2H3. The zero-order valence-corrected chi connectivity index (χ0v) is 12.5. The average molecular weight is 279 g/mol. The van der Waals surface area contributed by atoms with Gasteiger partial charge in [0.25, 0.3) is 5.91 Å². The summed E-state index contributed by atoms with van der Waals surface area (Å²) < 4.78 is 7.71. The fourth-order valence-corrected chi connectivity index (χ4v) is 2.55. The van der Waals surface area contributed by atoms with Crippen LogP contribution in [0.25, 0.3) is 0 Å². The predicted molar refractivity (Wildman–Crippen MR) is 78.7 cm³/mol. The smallest absolute Gasteiger partial charge is 0.270 e. The topological polar surface area (TPSA) is 60.5 Å². The van der Waals surface area contributed by atoms with Crippen molar-refractivity contribution in [2.45, 2.75) is 32.3 Å². The van der Waals surface area contributed by atoms with Gasteiger partial charge in [0.1, 0.15) is 5.69 Å². The van der Waals surface area contributed by atoms with Gasteiger partial charge in [-0.3, -0.25) is 4.79 Å². The maximum Gasteiger partial charge on any atom is 0.270 e. The number of hydrogen-bond acceptors (Lipinski definition) is 3. The van der Waals surface area contributed by atoms with Crippen LogP contribution >= 0.6 is 0 Å². The van der Waals surface area contributed by atoms with Gasteiger partial charge in [0.05, 0.1) is 6.10 Å². The monoisotopic (exact) mass is 279 g/mol. The van der Waals surface area contributed by atoms with E-state index in [9.17, 15) is 4.79 Å². The summed E-state index contributed by atoms with van der Waals surface area (Å²) in [6.45, 7) is 4.96. The first kappa shape index (κ1) is 15.1. The first-order valence-corrected chi connectivity index (χ1v) is 7.36. The number of nitrogens with two attached hydrogens (primary N) is 1. The molecule has 5 nitrogen and oxygen atoms in total. The molecule has 0 radical (unpaired) electrons. The Morgan fingerprint density at radius 1 is 1.40 bits per heavy atom. The number of rotatable bonds is 5. The molecular formula is C15H25N3O2. The molecule has 1 aliphatic heterocycles. The van der Waals surface area contributed by atoms with E-state index in [-0.39, 0.29) is 12.0 Å². The molecule has 112 valence electrons. The Balaban J connectivity index is 1.84. The number of piperidine rings is 1. The number of nitrogens with zero attached hydrogens (tertiary/aromatic N) is 2. The fraction of sp³-hybridized carbons (Fsp3) is 0.667. The molecule has 1 amide bonds. The minimum atomic E-state index is 0.126. The fourth-order valence-electron chi connectivity index (χ4n) is 2.55. The largest absolute Gasteiger partial charge is 0.378 e. The molecule has 20 heavy (non-hydrogen) atoms. The highest BCUT2D eigenvalue weighted by molar-refractivity contribution is 5.93. The van der Waals surface area contributed by atoms with Gasteiger partial charge in [0.15, 0.2) is 0 Å². The van der Waals surface area contributed by atoms with Gasteiger partial charge in [0.2, 0.25) is 0 Å². The second-order valence-corrected chi connectivity index (χ2v) is 5.42. The number of amides is 1. The summed E-state index contributed by atoms with van der Waals surface area (Å²) in [4.78, 5) is 14.4. The summed E-state index contributed by atoms with van der Waals surface area (Å²) in [5.74, 6) is 0.126. The molecule has 2 rings (SSSR count). The molecule has 0 aromatic carbocycles. The van der Waals surface area contributed by atoms with E-state index >= 15 is 0 Å². The zero-order valence-electron chi connectivity index (χ0n) is 12.5. The quantitative estimate of drug-likeness (QED) is 0.827. The van der Waals surface area contributed by atoms with Gasteiger partial charge < -0.3 is 19.9 Å². The third kappa shape index (κ3) is 3.41. The Labute approximate surface area is 120 Å². The number of aryl methyl sites for hydroxylation is 1. The van der Waals surface area contributed by atoms with Crippen molar-refractivity contribution in [3.8, 4) is 0 Å². The highest BCUT2D eigenvalue weighted by Crippen LogP contribution is 2.17. The molecular weight excluding hydrogens is 254 g/mol. The van der Waals surface area contributed by atoms with Crippen LogP contribution in [0.15, 0.2) is 12.1 Å². The summed E-state index contributed by atoms with van der Waals surface area (Å²) in [5.41, 5.74) is 7.32. The Kier molecular flexibility index (Phi) is 5.20. The molecule has 0 unspecified atom stereocenters. The van der Waals surface area contributed by atoms with Crippen molar-refractivity contribution >= 4 is 5.91 Å². The number of likely N-dealkylation sites (tertiary alicyclic amines) is 1. The number of carbonyl (C=O) groups excluding carboxylic acids is 1. The molecule has 1 aromatic heterocycles. The van der Waals surface area contributed by atoms with E-state index < -0.39 is 0 Å². The summed E-state index contributed by atoms with van der Waals surface area (Å²) in [5, 5.41) is 0. The van der Waals surface area contributed by atoms with Crippen LogP contribution in [0.5, 0.6) is 0 Å². The van der Waals surface area contributed by atoms with Gasteiger partial charge in [-0.25, -0.2) is 0 Å². The normalized spacial score (nSPS) is 16.6. The van der Waals surface area contributed by atoms with Gasteiger partial charge in [0, 0.05) is 32.4 Å². The van der Waals surface area contributed by atoms with Crippen molar-refractivity contribution in [2.75, 3.05) is 26.2 Å². The van der Waals surface area contributed by atoms with Crippen LogP contribution < -0.4 is 5.73 Å². The summed E-state index contributed by atoms with van der Waals surface area (Å²) >= 11 is 0. The Bertz CT molecular complexity index is 448. The van der Waals surface area contributed by atoms with E-state index in [2.05, 4.69) is 0 Å². The lowest BCUT2D eigenvalue weighted by molar-refractivity contribution is 0.00819. The molecule has 2 heterocycles. The Hall–Kier alpha value is -1.33. The minimum Gasteiger partial charge on any atom is -0.378 e. The SMILES string of the molecule is Cc1ccc(C(=O)N2CCC(OCCCN)CC2)n1C. The number of carbonyl (C=O) groups is 1. The van der Waals surface area contributed by atoms with E-state index in [1.807, 2.05) is 35.6 Å². The molecule has 0 bridgehead atoms. The summed E-state index contributed by atoms with van der Waals surface area (Å²) in [7, 11) is 1.94. The second-order valence-electron chi connectivity index (χ2n) is 5.42. The molecule has 1 aromatic rings. The van der Waals surface area contributed by atoms with Gasteiger partial charge >= 0.3 is 0 Å². The molecule has 1 saturated heterocycles. The van der Waals surface area contributed by atoms with Crippen molar-refractivity contribution in [3.63, 3.8) is 0 Å². The molecule has 0 atom stereocenters. The molecule has 0 spiro atoms. The van der Waals surface area contributed by atoms with Crippen LogP contribution in [0.3, 0.4) is 0 Å². The Morgan fingerprint density at radius 3 is 2.65 bits per heavy atom. The van der Waals surface area contributed by atoms with Gasteiger partial charge in [-0.1, -0.05) is 0 Å². The predicted octanol–water partition coefficient (Wildman–Crippen LogP) is 1.30. The highest BCUT2D eigenvalue weighted by atomic mass is 16.5. The van der Waals surface area contributed by atoms with E-state index in [4.69, 9.17) is 10.5 Å². The van der Waals surface area contributed by atoms with Crippen LogP contribution in [0, 0.1) is 6.92 Å². The zero-order chi connectivity index (χ0) is 14.5. The van der Waals surface area contributed by atoms with Crippen LogP contribution in [0.2, 0.25) is 0 Å². The number of aromatic nitrogens is 1. The summed E-state index contributed by atoms with van der Waals surface area (Å²) in [6.07, 6.45) is 3.02.